The molecular weight excluding hydrogens is 414 g/mol. The molecule has 2 aromatic carbocycles. The minimum atomic E-state index is -3.75. The summed E-state index contributed by atoms with van der Waals surface area (Å²) in [6.45, 7) is 7.50. The fourth-order valence-electron chi connectivity index (χ4n) is 4.57. The highest BCUT2D eigenvalue weighted by molar-refractivity contribution is 7.89. The number of rotatable bonds is 3. The van der Waals surface area contributed by atoms with E-state index in [1.54, 1.807) is 57.2 Å². The van der Waals surface area contributed by atoms with E-state index >= 15 is 0 Å². The van der Waals surface area contributed by atoms with Crippen molar-refractivity contribution in [1.82, 2.24) is 4.31 Å². The van der Waals surface area contributed by atoms with E-state index in [9.17, 15) is 18.0 Å². The Kier molecular flexibility index (Phi) is 5.30. The first-order valence-corrected chi connectivity index (χ1v) is 11.9. The molecule has 1 aliphatic heterocycles. The van der Waals surface area contributed by atoms with Gasteiger partial charge in [-0.25, -0.2) is 8.42 Å². The average Bonchev–Trinajstić information content (AvgIpc) is 3.13. The van der Waals surface area contributed by atoms with E-state index < -0.39 is 33.4 Å². The van der Waals surface area contributed by atoms with Gasteiger partial charge in [-0.1, -0.05) is 42.0 Å². The zero-order valence-corrected chi connectivity index (χ0v) is 19.0. The predicted molar refractivity (Wildman–Crippen MR) is 116 cm³/mol. The maximum absolute atomic E-state index is 13.3. The highest BCUT2D eigenvalue weighted by Gasteiger charge is 2.53. The number of ether oxygens (including phenoxy) is 1. The number of hydrogen-bond acceptors (Lipinski definition) is 5. The number of Topliss-reactive ketones (excluding diaryl/α,β-unsaturated/α-hetero) is 1. The van der Waals surface area contributed by atoms with Crippen LogP contribution in [0.25, 0.3) is 0 Å². The summed E-state index contributed by atoms with van der Waals surface area (Å²) in [7, 11) is -3.75. The van der Waals surface area contributed by atoms with Crippen molar-refractivity contribution in [3.8, 4) is 0 Å². The number of nitrogens with zero attached hydrogens (tertiary/aromatic N) is 1. The summed E-state index contributed by atoms with van der Waals surface area (Å²) in [5.41, 5.74) is 1.52. The van der Waals surface area contributed by atoms with E-state index in [1.807, 2.05) is 19.1 Å². The lowest BCUT2D eigenvalue weighted by molar-refractivity contribution is -0.159. The van der Waals surface area contributed by atoms with Crippen molar-refractivity contribution in [2.45, 2.75) is 44.1 Å². The second kappa shape index (κ2) is 7.57. The third-order valence-electron chi connectivity index (χ3n) is 5.99. The topological polar surface area (TPSA) is 80.8 Å². The Bertz CT molecular complexity index is 1130. The third-order valence-corrected chi connectivity index (χ3v) is 7.83. The molecular formula is C24H27NO5S. The third kappa shape index (κ3) is 3.92. The van der Waals surface area contributed by atoms with Crippen LogP contribution in [-0.2, 0) is 19.6 Å². The molecule has 31 heavy (non-hydrogen) atoms. The number of sulfonamides is 1. The maximum atomic E-state index is 13.3. The Morgan fingerprint density at radius 3 is 2.32 bits per heavy atom. The Morgan fingerprint density at radius 1 is 1.03 bits per heavy atom. The molecule has 164 valence electrons. The summed E-state index contributed by atoms with van der Waals surface area (Å²) >= 11 is 0. The summed E-state index contributed by atoms with van der Waals surface area (Å²) < 4.78 is 33.6. The molecule has 0 N–H and O–H groups in total. The van der Waals surface area contributed by atoms with E-state index in [4.69, 9.17) is 4.74 Å². The number of ketones is 1. The molecule has 2 aromatic rings. The monoisotopic (exact) mass is 441 g/mol. The van der Waals surface area contributed by atoms with Crippen LogP contribution < -0.4 is 0 Å². The number of fused-ring (bicyclic) bond motifs is 3. The first kappa shape index (κ1) is 21.7. The minimum absolute atomic E-state index is 0.102. The van der Waals surface area contributed by atoms with Gasteiger partial charge >= 0.3 is 5.97 Å². The highest BCUT2D eigenvalue weighted by atomic mass is 32.2. The Morgan fingerprint density at radius 2 is 1.68 bits per heavy atom. The van der Waals surface area contributed by atoms with Gasteiger partial charge in [-0.2, -0.15) is 4.31 Å². The number of esters is 1. The molecule has 2 aliphatic rings. The summed E-state index contributed by atoms with van der Waals surface area (Å²) in [5, 5.41) is 0. The molecule has 1 aliphatic carbocycles. The molecule has 3 atom stereocenters. The average molecular weight is 442 g/mol. The minimum Gasteiger partial charge on any atom is -0.459 e. The van der Waals surface area contributed by atoms with Crippen molar-refractivity contribution >= 4 is 21.8 Å². The molecule has 0 bridgehead atoms. The van der Waals surface area contributed by atoms with Crippen LogP contribution in [0.15, 0.2) is 53.4 Å². The van der Waals surface area contributed by atoms with Crippen molar-refractivity contribution in [3.63, 3.8) is 0 Å². The molecule has 0 aromatic heterocycles. The molecule has 6 nitrogen and oxygen atoms in total. The van der Waals surface area contributed by atoms with Gasteiger partial charge in [-0.15, -0.1) is 0 Å². The molecule has 0 spiro atoms. The smallest absolute Gasteiger partial charge is 0.317 e. The summed E-state index contributed by atoms with van der Waals surface area (Å²) in [4.78, 5) is 26.5. The Balaban J connectivity index is 1.73. The van der Waals surface area contributed by atoms with Gasteiger partial charge in [0.25, 0.3) is 0 Å². The molecule has 1 heterocycles. The lowest BCUT2D eigenvalue weighted by atomic mass is 9.70. The summed E-state index contributed by atoms with van der Waals surface area (Å²) in [6, 6.07) is 13.9. The van der Waals surface area contributed by atoms with Gasteiger partial charge in [0.1, 0.15) is 11.5 Å². The second-order valence-corrected chi connectivity index (χ2v) is 11.3. The number of benzene rings is 2. The highest BCUT2D eigenvalue weighted by Crippen LogP contribution is 2.46. The number of hydrogen-bond donors (Lipinski definition) is 0. The van der Waals surface area contributed by atoms with Crippen LogP contribution in [0.4, 0.5) is 0 Å². The zero-order chi connectivity index (χ0) is 22.6. The van der Waals surface area contributed by atoms with Gasteiger partial charge in [-0.05, 0) is 45.4 Å². The van der Waals surface area contributed by atoms with Gasteiger partial charge in [0.15, 0.2) is 5.78 Å². The van der Waals surface area contributed by atoms with Gasteiger partial charge in [-0.3, -0.25) is 9.59 Å². The van der Waals surface area contributed by atoms with E-state index in [2.05, 4.69) is 0 Å². The zero-order valence-electron chi connectivity index (χ0n) is 18.2. The van der Waals surface area contributed by atoms with E-state index in [1.165, 1.54) is 4.31 Å². The van der Waals surface area contributed by atoms with Crippen molar-refractivity contribution in [1.29, 1.82) is 0 Å². The molecule has 0 amide bonds. The van der Waals surface area contributed by atoms with Crippen molar-refractivity contribution < 1.29 is 22.7 Å². The normalized spacial score (nSPS) is 23.9. The van der Waals surface area contributed by atoms with Crippen LogP contribution in [-0.4, -0.2) is 43.2 Å². The molecule has 1 fully saturated rings. The fourth-order valence-corrected chi connectivity index (χ4v) is 6.07. The Hall–Kier alpha value is -2.51. The fraction of sp³-hybridized carbons (Fsp3) is 0.417. The van der Waals surface area contributed by atoms with Gasteiger partial charge in [0.2, 0.25) is 10.0 Å². The lowest BCUT2D eigenvalue weighted by Crippen LogP contribution is -2.42. The predicted octanol–water partition coefficient (Wildman–Crippen LogP) is 3.55. The quantitative estimate of drug-likeness (QED) is 0.537. The number of aryl methyl sites for hydroxylation is 1. The lowest BCUT2D eigenvalue weighted by Gasteiger charge is -2.33. The van der Waals surface area contributed by atoms with Crippen molar-refractivity contribution in [3.05, 3.63) is 65.2 Å². The summed E-state index contributed by atoms with van der Waals surface area (Å²) in [5.74, 6) is -2.60. The number of carbonyl (C=O) groups excluding carboxylic acids is 2. The molecule has 0 radical (unpaired) electrons. The molecule has 0 saturated carbocycles. The van der Waals surface area contributed by atoms with Crippen LogP contribution in [0, 0.1) is 18.8 Å². The standard InChI is InChI=1S/C24H27NO5S/c1-15-9-11-16(12-10-15)31(28,29)25-13-19-17-7-5-6-8-18(17)22(26)21(20(19)14-25)23(27)30-24(2,3)4/h5-12,19-21H,13-14H2,1-4H3/t19-,20-,21?/m0/s1. The van der Waals surface area contributed by atoms with Gasteiger partial charge in [0, 0.05) is 30.5 Å². The molecule has 4 rings (SSSR count). The van der Waals surface area contributed by atoms with Crippen molar-refractivity contribution in [2.24, 2.45) is 11.8 Å². The largest absolute Gasteiger partial charge is 0.459 e. The molecule has 1 saturated heterocycles. The maximum Gasteiger partial charge on any atom is 0.317 e. The Labute approximate surface area is 183 Å². The van der Waals surface area contributed by atoms with E-state index in [0.29, 0.717) is 5.56 Å². The van der Waals surface area contributed by atoms with Crippen LogP contribution in [0.3, 0.4) is 0 Å². The van der Waals surface area contributed by atoms with Crippen LogP contribution in [0.5, 0.6) is 0 Å². The second-order valence-electron chi connectivity index (χ2n) is 9.37. The first-order valence-electron chi connectivity index (χ1n) is 10.4. The van der Waals surface area contributed by atoms with Gasteiger partial charge in [0.05, 0.1) is 4.90 Å². The van der Waals surface area contributed by atoms with Gasteiger partial charge < -0.3 is 4.74 Å². The van der Waals surface area contributed by atoms with Crippen molar-refractivity contribution in [2.75, 3.05) is 13.1 Å². The van der Waals surface area contributed by atoms with E-state index in [-0.39, 0.29) is 29.7 Å². The SMILES string of the molecule is Cc1ccc(S(=O)(=O)N2C[C@@H]3C(C(=O)OC(C)(C)C)C(=O)c4ccccc4[C@@H]3C2)cc1. The molecule has 1 unspecified atom stereocenters. The van der Waals surface area contributed by atoms with E-state index in [0.717, 1.165) is 11.1 Å². The van der Waals surface area contributed by atoms with Crippen LogP contribution >= 0.6 is 0 Å². The summed E-state index contributed by atoms with van der Waals surface area (Å²) in [6.07, 6.45) is 0. The van der Waals surface area contributed by atoms with Crippen LogP contribution in [0.2, 0.25) is 0 Å². The van der Waals surface area contributed by atoms with Crippen LogP contribution in [0.1, 0.15) is 48.2 Å². The molecule has 7 heteroatoms. The first-order chi connectivity index (χ1) is 14.5. The number of carbonyl (C=O) groups is 2.